The van der Waals surface area contributed by atoms with E-state index in [2.05, 4.69) is 37.3 Å². The third-order valence-corrected chi connectivity index (χ3v) is 7.75. The number of piperidine rings is 1. The first kappa shape index (κ1) is 24.8. The van der Waals surface area contributed by atoms with E-state index in [1.165, 1.54) is 6.92 Å². The highest BCUT2D eigenvalue weighted by Crippen LogP contribution is 2.59. The highest BCUT2D eigenvalue weighted by atomic mass is 16.2. The molecule has 2 fully saturated rings. The van der Waals surface area contributed by atoms with Gasteiger partial charge in [-0.05, 0) is 48.9 Å². The number of ketones is 1. The van der Waals surface area contributed by atoms with E-state index in [-0.39, 0.29) is 42.1 Å². The van der Waals surface area contributed by atoms with E-state index < -0.39 is 6.04 Å². The summed E-state index contributed by atoms with van der Waals surface area (Å²) >= 11 is 0. The molecule has 11 nitrogen and oxygen atoms in total. The first-order valence-electron chi connectivity index (χ1n) is 12.9. The molecule has 1 saturated carbocycles. The summed E-state index contributed by atoms with van der Waals surface area (Å²) in [7, 11) is 0. The van der Waals surface area contributed by atoms with Gasteiger partial charge < -0.3 is 10.2 Å². The maximum absolute atomic E-state index is 13.7. The number of hydrogen-bond acceptors (Lipinski definition) is 8. The van der Waals surface area contributed by atoms with Gasteiger partial charge in [0.25, 0.3) is 0 Å². The molecule has 0 spiro atoms. The molecule has 1 saturated heterocycles. The van der Waals surface area contributed by atoms with Gasteiger partial charge in [-0.15, -0.1) is 0 Å². The van der Waals surface area contributed by atoms with Gasteiger partial charge in [-0.1, -0.05) is 13.0 Å². The number of amides is 2. The number of aryl methyl sites for hydroxylation is 1. The summed E-state index contributed by atoms with van der Waals surface area (Å²) in [4.78, 5) is 57.8. The van der Waals surface area contributed by atoms with Gasteiger partial charge in [-0.25, -0.2) is 19.9 Å². The van der Waals surface area contributed by atoms with Crippen LogP contribution in [0.25, 0.3) is 22.0 Å². The molecular formula is C28H28N8O3. The summed E-state index contributed by atoms with van der Waals surface area (Å²) in [5.74, 6) is 0.565. The zero-order valence-electron chi connectivity index (χ0n) is 22.0. The fourth-order valence-corrected chi connectivity index (χ4v) is 5.56. The van der Waals surface area contributed by atoms with Crippen LogP contribution in [-0.2, 0) is 22.7 Å². The molecule has 1 aromatic carbocycles. The summed E-state index contributed by atoms with van der Waals surface area (Å²) in [5, 5.41) is 8.06. The van der Waals surface area contributed by atoms with Gasteiger partial charge in [-0.2, -0.15) is 5.10 Å². The number of carbonyl (C=O) groups is 3. The second-order valence-corrected chi connectivity index (χ2v) is 10.6. The molecule has 2 amide bonds. The van der Waals surface area contributed by atoms with Gasteiger partial charge in [0.05, 0.1) is 12.1 Å². The Morgan fingerprint density at radius 3 is 2.51 bits per heavy atom. The number of rotatable bonds is 7. The molecule has 2 aliphatic rings. The number of nitrogens with zero attached hydrogens (tertiary/aromatic N) is 7. The van der Waals surface area contributed by atoms with Crippen molar-refractivity contribution in [1.82, 2.24) is 39.9 Å². The zero-order chi connectivity index (χ0) is 27.3. The molecule has 3 aromatic heterocycles. The topological polar surface area (TPSA) is 136 Å². The van der Waals surface area contributed by atoms with Gasteiger partial charge in [0, 0.05) is 48.7 Å². The van der Waals surface area contributed by atoms with Crippen molar-refractivity contribution in [2.45, 2.75) is 58.8 Å². The maximum atomic E-state index is 13.7. The molecule has 4 aromatic rings. The number of hydrogen-bond donors (Lipinski definition) is 1. The van der Waals surface area contributed by atoms with E-state index in [1.54, 1.807) is 40.4 Å². The van der Waals surface area contributed by atoms with E-state index in [1.807, 2.05) is 25.1 Å². The smallest absolute Gasteiger partial charge is 0.245 e. The third kappa shape index (κ3) is 4.53. The van der Waals surface area contributed by atoms with Crippen molar-refractivity contribution in [2.75, 3.05) is 0 Å². The fourth-order valence-electron chi connectivity index (χ4n) is 5.56. The monoisotopic (exact) mass is 524 g/mol. The molecule has 4 heterocycles. The van der Waals surface area contributed by atoms with E-state index in [0.29, 0.717) is 34.7 Å². The predicted molar refractivity (Wildman–Crippen MR) is 141 cm³/mol. The highest BCUT2D eigenvalue weighted by Gasteiger charge is 2.64. The number of carbonyl (C=O) groups excluding carboxylic acids is 3. The molecule has 0 unspecified atom stereocenters. The van der Waals surface area contributed by atoms with Crippen molar-refractivity contribution in [3.8, 4) is 11.1 Å². The lowest BCUT2D eigenvalue weighted by Gasteiger charge is -2.27. The molecule has 1 aliphatic carbocycles. The normalized spacial score (nSPS) is 21.6. The molecule has 198 valence electrons. The highest BCUT2D eigenvalue weighted by molar-refractivity contribution is 6.06. The molecule has 0 bridgehead atoms. The van der Waals surface area contributed by atoms with Crippen molar-refractivity contribution in [1.29, 1.82) is 0 Å². The average Bonchev–Trinajstić information content (AvgIpc) is 3.30. The van der Waals surface area contributed by atoms with Crippen LogP contribution in [0.5, 0.6) is 0 Å². The van der Waals surface area contributed by atoms with Crippen LogP contribution in [-0.4, -0.2) is 64.3 Å². The van der Waals surface area contributed by atoms with Gasteiger partial charge in [0.2, 0.25) is 11.8 Å². The molecule has 11 heteroatoms. The Bertz CT molecular complexity index is 1600. The minimum absolute atomic E-state index is 0.0102. The third-order valence-electron chi connectivity index (χ3n) is 7.75. The number of Topliss-reactive ketones (excluding diaryl/α,β-unsaturated/α-hetero) is 1. The second kappa shape index (κ2) is 9.33. The Hall–Kier alpha value is -4.54. The van der Waals surface area contributed by atoms with E-state index >= 15 is 0 Å². The van der Waals surface area contributed by atoms with Crippen molar-refractivity contribution in [3.63, 3.8) is 0 Å². The first-order chi connectivity index (χ1) is 18.7. The van der Waals surface area contributed by atoms with Gasteiger partial charge in [0.15, 0.2) is 5.78 Å². The number of likely N-dealkylation sites (tertiary alicyclic amines) is 1. The average molecular weight is 525 g/mol. The Balaban J connectivity index is 1.26. The molecule has 0 radical (unpaired) electrons. The number of fused-ring (bicyclic) bond motifs is 2. The van der Waals surface area contributed by atoms with Gasteiger partial charge in [0.1, 0.15) is 29.9 Å². The lowest BCUT2D eigenvalue weighted by atomic mass is 10.0. The Morgan fingerprint density at radius 2 is 1.79 bits per heavy atom. The lowest BCUT2D eigenvalue weighted by Crippen LogP contribution is -2.48. The molecular weight excluding hydrogens is 496 g/mol. The molecule has 3 atom stereocenters. The Kier molecular flexibility index (Phi) is 5.93. The summed E-state index contributed by atoms with van der Waals surface area (Å²) in [6.45, 7) is 5.51. The van der Waals surface area contributed by atoms with Crippen molar-refractivity contribution >= 4 is 28.5 Å². The van der Waals surface area contributed by atoms with Gasteiger partial charge in [-0.3, -0.25) is 19.1 Å². The number of benzene rings is 1. The first-order valence-corrected chi connectivity index (χ1v) is 12.9. The summed E-state index contributed by atoms with van der Waals surface area (Å²) < 4.78 is 1.56. The largest absolute Gasteiger partial charge is 0.347 e. The van der Waals surface area contributed by atoms with Crippen LogP contribution in [0.4, 0.5) is 0 Å². The summed E-state index contributed by atoms with van der Waals surface area (Å²) in [5.41, 5.74) is 2.57. The van der Waals surface area contributed by atoms with Gasteiger partial charge >= 0.3 is 0 Å². The van der Waals surface area contributed by atoms with Crippen LogP contribution < -0.4 is 5.32 Å². The van der Waals surface area contributed by atoms with Crippen LogP contribution in [0.1, 0.15) is 48.8 Å². The van der Waals surface area contributed by atoms with Crippen LogP contribution in [0.2, 0.25) is 0 Å². The maximum Gasteiger partial charge on any atom is 0.245 e. The molecule has 1 aliphatic heterocycles. The molecule has 1 N–H and O–H groups in total. The Labute approximate surface area is 224 Å². The minimum atomic E-state index is -0.577. The quantitative estimate of drug-likeness (QED) is 0.364. The Morgan fingerprint density at radius 1 is 1.05 bits per heavy atom. The number of aromatic nitrogens is 6. The molecule has 6 rings (SSSR count). The van der Waals surface area contributed by atoms with E-state index in [0.717, 1.165) is 17.5 Å². The number of nitrogens with one attached hydrogen (secondary N) is 1. The summed E-state index contributed by atoms with van der Waals surface area (Å²) in [6, 6.07) is 6.78. The SMILES string of the molecule is CC(=O)c1nn(CC(=O)N2[C@H](C(=O)NCc3ncccn3)C[C@@]3(C)C[C@@H]23)c2ccc(-c3cnc(C)nc3)cc12. The zero-order valence-corrected chi connectivity index (χ0v) is 22.0. The van der Waals surface area contributed by atoms with Crippen LogP contribution in [0, 0.1) is 12.3 Å². The lowest BCUT2D eigenvalue weighted by molar-refractivity contribution is -0.140. The fraction of sp³-hybridized carbons (Fsp3) is 0.357. The van der Waals surface area contributed by atoms with E-state index in [9.17, 15) is 14.4 Å². The van der Waals surface area contributed by atoms with E-state index in [4.69, 9.17) is 0 Å². The van der Waals surface area contributed by atoms with Crippen LogP contribution in [0.3, 0.4) is 0 Å². The summed E-state index contributed by atoms with van der Waals surface area (Å²) in [6.07, 6.45) is 8.19. The van der Waals surface area contributed by atoms with Crippen LogP contribution in [0.15, 0.2) is 49.1 Å². The molecule has 39 heavy (non-hydrogen) atoms. The predicted octanol–water partition coefficient (Wildman–Crippen LogP) is 2.49. The van der Waals surface area contributed by atoms with Crippen molar-refractivity contribution < 1.29 is 14.4 Å². The van der Waals surface area contributed by atoms with Crippen LogP contribution >= 0.6 is 0 Å². The standard InChI is InChI=1S/C28H28N8O3/c1-16(37)26-20-9-18(19-12-31-17(2)32-13-19)5-6-21(20)35(34-26)15-25(38)36-22(10-28(3)11-23(28)36)27(39)33-14-24-29-7-4-8-30-24/h4-9,12-13,22-23H,10-11,14-15H2,1-3H3,(H,33,39)/t22-,23+,28-/m0/s1. The minimum Gasteiger partial charge on any atom is -0.347 e. The second-order valence-electron chi connectivity index (χ2n) is 10.6. The van der Waals surface area contributed by atoms with Crippen molar-refractivity contribution in [3.05, 3.63) is 66.4 Å². The van der Waals surface area contributed by atoms with Crippen molar-refractivity contribution in [2.24, 2.45) is 5.41 Å².